The highest BCUT2D eigenvalue weighted by Gasteiger charge is 2.13. The van der Waals surface area contributed by atoms with Gasteiger partial charge in [-0.2, -0.15) is 0 Å². The van der Waals surface area contributed by atoms with Gasteiger partial charge >= 0.3 is 11.9 Å². The normalized spacial score (nSPS) is 9.91. The summed E-state index contributed by atoms with van der Waals surface area (Å²) in [6.07, 6.45) is 0. The van der Waals surface area contributed by atoms with Crippen molar-refractivity contribution < 1.29 is 19.1 Å². The van der Waals surface area contributed by atoms with E-state index in [0.717, 1.165) is 5.56 Å². The molecule has 0 bridgehead atoms. The van der Waals surface area contributed by atoms with Gasteiger partial charge in [-0.05, 0) is 23.8 Å². The van der Waals surface area contributed by atoms with E-state index < -0.39 is 11.9 Å². The molecule has 0 aliphatic heterocycles. The van der Waals surface area contributed by atoms with Crippen LogP contribution < -0.4 is 5.32 Å². The minimum Gasteiger partial charge on any atom is -0.465 e. The second kappa shape index (κ2) is 7.26. The van der Waals surface area contributed by atoms with E-state index >= 15 is 0 Å². The van der Waals surface area contributed by atoms with Crippen LogP contribution in [0.25, 0.3) is 0 Å². The number of esters is 2. The maximum absolute atomic E-state index is 11.7. The summed E-state index contributed by atoms with van der Waals surface area (Å²) in [5.41, 5.74) is 2.37. The third-order valence-electron chi connectivity index (χ3n) is 3.22. The molecule has 0 aliphatic carbocycles. The summed E-state index contributed by atoms with van der Waals surface area (Å²) in [6, 6.07) is 14.2. The Kier molecular flexibility index (Phi) is 5.14. The third-order valence-corrected chi connectivity index (χ3v) is 3.22. The van der Waals surface area contributed by atoms with Gasteiger partial charge in [0.2, 0.25) is 0 Å². The summed E-state index contributed by atoms with van der Waals surface area (Å²) in [4.78, 5) is 23.5. The smallest absolute Gasteiger partial charge is 0.339 e. The zero-order valence-corrected chi connectivity index (χ0v) is 12.5. The maximum atomic E-state index is 11.7. The fourth-order valence-electron chi connectivity index (χ4n) is 2.10. The van der Waals surface area contributed by atoms with Crippen molar-refractivity contribution in [1.82, 2.24) is 0 Å². The van der Waals surface area contributed by atoms with Crippen LogP contribution in [0.4, 0.5) is 5.69 Å². The lowest BCUT2D eigenvalue weighted by molar-refractivity contribution is 0.0591. The molecule has 0 aromatic heterocycles. The second-order valence-corrected chi connectivity index (χ2v) is 4.54. The topological polar surface area (TPSA) is 64.6 Å². The molecule has 0 saturated carbocycles. The number of carbonyl (C=O) groups excluding carboxylic acids is 2. The molecule has 5 heteroatoms. The number of benzene rings is 2. The lowest BCUT2D eigenvalue weighted by Crippen LogP contribution is -2.11. The SMILES string of the molecule is COC(=O)c1ccccc1CNc1ccccc1C(=O)OC. The van der Waals surface area contributed by atoms with Gasteiger partial charge in [-0.25, -0.2) is 9.59 Å². The molecule has 2 aromatic rings. The van der Waals surface area contributed by atoms with Crippen molar-refractivity contribution in [2.45, 2.75) is 6.54 Å². The number of anilines is 1. The quantitative estimate of drug-likeness (QED) is 0.860. The lowest BCUT2D eigenvalue weighted by Gasteiger charge is -2.12. The standard InChI is InChI=1S/C17H17NO4/c1-21-16(19)13-8-4-3-7-12(13)11-18-15-10-6-5-9-14(15)17(20)22-2/h3-10,18H,11H2,1-2H3. The van der Waals surface area contributed by atoms with Gasteiger partial charge in [0.05, 0.1) is 25.3 Å². The number of hydrogen-bond donors (Lipinski definition) is 1. The zero-order valence-electron chi connectivity index (χ0n) is 12.5. The van der Waals surface area contributed by atoms with Crippen molar-refractivity contribution in [3.63, 3.8) is 0 Å². The van der Waals surface area contributed by atoms with E-state index in [2.05, 4.69) is 5.32 Å². The Morgan fingerprint density at radius 2 is 1.41 bits per heavy atom. The molecular weight excluding hydrogens is 282 g/mol. The number of methoxy groups -OCH3 is 2. The van der Waals surface area contributed by atoms with Crippen LogP contribution in [0.1, 0.15) is 26.3 Å². The summed E-state index contributed by atoms with van der Waals surface area (Å²) >= 11 is 0. The molecule has 0 radical (unpaired) electrons. The first kappa shape index (κ1) is 15.6. The monoisotopic (exact) mass is 299 g/mol. The minimum atomic E-state index is -0.413. The number of ether oxygens (including phenoxy) is 2. The lowest BCUT2D eigenvalue weighted by atomic mass is 10.1. The Bertz CT molecular complexity index is 622. The molecule has 0 spiro atoms. The molecular formula is C17H17NO4. The van der Waals surface area contributed by atoms with Crippen LogP contribution in [0.15, 0.2) is 48.5 Å². The molecule has 0 heterocycles. The van der Waals surface area contributed by atoms with Crippen LogP contribution in [0, 0.1) is 0 Å². The van der Waals surface area contributed by atoms with Crippen molar-refractivity contribution in [1.29, 1.82) is 0 Å². The number of carbonyl (C=O) groups is 2. The largest absolute Gasteiger partial charge is 0.465 e. The number of hydrogen-bond acceptors (Lipinski definition) is 5. The molecule has 22 heavy (non-hydrogen) atoms. The van der Waals surface area contributed by atoms with Crippen molar-refractivity contribution >= 4 is 17.6 Å². The predicted molar refractivity (Wildman–Crippen MR) is 82.9 cm³/mol. The summed E-state index contributed by atoms with van der Waals surface area (Å²) in [5.74, 6) is -0.803. The Morgan fingerprint density at radius 1 is 0.864 bits per heavy atom. The van der Waals surface area contributed by atoms with Crippen LogP contribution in [0.2, 0.25) is 0 Å². The van der Waals surface area contributed by atoms with Gasteiger partial charge in [-0.15, -0.1) is 0 Å². The van der Waals surface area contributed by atoms with Gasteiger partial charge in [0, 0.05) is 12.2 Å². The third kappa shape index (κ3) is 3.44. The Balaban J connectivity index is 2.21. The number of nitrogens with one attached hydrogen (secondary N) is 1. The van der Waals surface area contributed by atoms with Gasteiger partial charge in [-0.1, -0.05) is 30.3 Å². The molecule has 0 atom stereocenters. The molecule has 0 fully saturated rings. The van der Waals surface area contributed by atoms with E-state index in [-0.39, 0.29) is 0 Å². The first-order chi connectivity index (χ1) is 10.7. The average Bonchev–Trinajstić information content (AvgIpc) is 2.59. The van der Waals surface area contributed by atoms with E-state index in [1.807, 2.05) is 18.2 Å². The zero-order chi connectivity index (χ0) is 15.9. The van der Waals surface area contributed by atoms with Crippen molar-refractivity contribution in [2.24, 2.45) is 0 Å². The Labute approximate surface area is 128 Å². The van der Waals surface area contributed by atoms with E-state index in [0.29, 0.717) is 23.4 Å². The average molecular weight is 299 g/mol. The van der Waals surface area contributed by atoms with Crippen LogP contribution in [0.5, 0.6) is 0 Å². The molecule has 5 nitrogen and oxygen atoms in total. The van der Waals surface area contributed by atoms with Crippen molar-refractivity contribution in [3.8, 4) is 0 Å². The molecule has 0 unspecified atom stereocenters. The summed E-state index contributed by atoms with van der Waals surface area (Å²) < 4.78 is 9.52. The second-order valence-electron chi connectivity index (χ2n) is 4.54. The fraction of sp³-hybridized carbons (Fsp3) is 0.176. The van der Waals surface area contributed by atoms with E-state index in [9.17, 15) is 9.59 Å². The summed E-state index contributed by atoms with van der Waals surface area (Å²) in [7, 11) is 2.69. The molecule has 2 aromatic carbocycles. The number of rotatable bonds is 5. The molecule has 2 rings (SSSR count). The van der Waals surface area contributed by atoms with Gasteiger partial charge in [0.25, 0.3) is 0 Å². The van der Waals surface area contributed by atoms with Gasteiger partial charge in [0.15, 0.2) is 0 Å². The van der Waals surface area contributed by atoms with Crippen LogP contribution >= 0.6 is 0 Å². The van der Waals surface area contributed by atoms with E-state index in [1.54, 1.807) is 30.3 Å². The molecule has 1 N–H and O–H groups in total. The van der Waals surface area contributed by atoms with Crippen molar-refractivity contribution in [2.75, 3.05) is 19.5 Å². The minimum absolute atomic E-state index is 0.388. The molecule has 0 saturated heterocycles. The Hall–Kier alpha value is -2.82. The molecule has 114 valence electrons. The summed E-state index contributed by atoms with van der Waals surface area (Å²) in [6.45, 7) is 0.388. The fourth-order valence-corrected chi connectivity index (χ4v) is 2.10. The predicted octanol–water partition coefficient (Wildman–Crippen LogP) is 2.87. The van der Waals surface area contributed by atoms with Crippen LogP contribution in [0.3, 0.4) is 0 Å². The van der Waals surface area contributed by atoms with E-state index in [1.165, 1.54) is 14.2 Å². The molecule has 0 amide bonds. The van der Waals surface area contributed by atoms with Gasteiger partial charge in [0.1, 0.15) is 0 Å². The van der Waals surface area contributed by atoms with Crippen LogP contribution in [-0.2, 0) is 16.0 Å². The first-order valence-corrected chi connectivity index (χ1v) is 6.74. The van der Waals surface area contributed by atoms with Gasteiger partial charge < -0.3 is 14.8 Å². The highest BCUT2D eigenvalue weighted by atomic mass is 16.5. The highest BCUT2D eigenvalue weighted by molar-refractivity contribution is 5.95. The molecule has 0 aliphatic rings. The highest BCUT2D eigenvalue weighted by Crippen LogP contribution is 2.18. The summed E-state index contributed by atoms with van der Waals surface area (Å²) in [5, 5.41) is 3.16. The Morgan fingerprint density at radius 3 is 2.09 bits per heavy atom. The maximum Gasteiger partial charge on any atom is 0.339 e. The number of para-hydroxylation sites is 1. The van der Waals surface area contributed by atoms with E-state index in [4.69, 9.17) is 9.47 Å². The van der Waals surface area contributed by atoms with Gasteiger partial charge in [-0.3, -0.25) is 0 Å². The van der Waals surface area contributed by atoms with Crippen molar-refractivity contribution in [3.05, 3.63) is 65.2 Å². The first-order valence-electron chi connectivity index (χ1n) is 6.74. The van der Waals surface area contributed by atoms with Crippen LogP contribution in [-0.4, -0.2) is 26.2 Å².